The van der Waals surface area contributed by atoms with Crippen LogP contribution < -0.4 is 5.32 Å². The van der Waals surface area contributed by atoms with E-state index in [0.717, 1.165) is 42.7 Å². The molecule has 1 aromatic rings. The minimum atomic E-state index is 0.153. The van der Waals surface area contributed by atoms with Crippen molar-refractivity contribution in [1.82, 2.24) is 4.90 Å². The largest absolute Gasteiger partial charge is 0.342 e. The number of rotatable bonds is 4. The summed E-state index contributed by atoms with van der Waals surface area (Å²) < 4.78 is 0. The van der Waals surface area contributed by atoms with Crippen LogP contribution in [0, 0.1) is 34.5 Å². The van der Waals surface area contributed by atoms with Crippen LogP contribution in [-0.4, -0.2) is 29.8 Å². The van der Waals surface area contributed by atoms with Gasteiger partial charge in [0.25, 0.3) is 0 Å². The first-order chi connectivity index (χ1) is 15.3. The van der Waals surface area contributed by atoms with Crippen molar-refractivity contribution in [2.75, 3.05) is 12.4 Å². The van der Waals surface area contributed by atoms with Gasteiger partial charge in [-0.25, -0.2) is 0 Å². The summed E-state index contributed by atoms with van der Waals surface area (Å²) in [6.07, 6.45) is 11.1. The first kappa shape index (κ1) is 22.0. The Morgan fingerprint density at radius 1 is 1.00 bits per heavy atom. The van der Waals surface area contributed by atoms with Crippen molar-refractivity contribution in [3.05, 3.63) is 30.3 Å². The van der Waals surface area contributed by atoms with E-state index < -0.39 is 0 Å². The number of anilines is 1. The molecule has 0 unspecified atom stereocenters. The normalized spacial score (nSPS) is 40.9. The molecule has 1 saturated heterocycles. The topological polar surface area (TPSA) is 49.4 Å². The van der Waals surface area contributed by atoms with Gasteiger partial charge in [-0.2, -0.15) is 0 Å². The molecular weight excluding hydrogens is 396 g/mol. The maximum Gasteiger partial charge on any atom is 0.224 e. The minimum absolute atomic E-state index is 0.153. The summed E-state index contributed by atoms with van der Waals surface area (Å²) in [5.74, 6) is 3.52. The number of carbonyl (C=O) groups excluding carboxylic acids is 2. The zero-order valence-electron chi connectivity index (χ0n) is 20.1. The molecule has 5 rings (SSSR count). The second-order valence-electron chi connectivity index (χ2n) is 11.8. The lowest BCUT2D eigenvalue weighted by molar-refractivity contribution is -0.158. The lowest BCUT2D eigenvalue weighted by Gasteiger charge is -2.62. The van der Waals surface area contributed by atoms with Crippen molar-refractivity contribution in [2.45, 2.75) is 84.1 Å². The third kappa shape index (κ3) is 3.49. The number of nitrogens with one attached hydrogen (secondary N) is 1. The number of hydrogen-bond donors (Lipinski definition) is 1. The van der Waals surface area contributed by atoms with Gasteiger partial charge < -0.3 is 10.2 Å². The van der Waals surface area contributed by atoms with Crippen LogP contribution in [-0.2, 0) is 9.59 Å². The van der Waals surface area contributed by atoms with E-state index >= 15 is 0 Å². The lowest BCUT2D eigenvalue weighted by atomic mass is 9.46. The number of benzene rings is 1. The first-order valence-corrected chi connectivity index (χ1v) is 12.9. The molecule has 7 atom stereocenters. The number of carbonyl (C=O) groups is 2. The fraction of sp³-hybridized carbons (Fsp3) is 0.714. The molecule has 4 nitrogen and oxygen atoms in total. The molecule has 32 heavy (non-hydrogen) atoms. The number of piperidine rings is 1. The van der Waals surface area contributed by atoms with Gasteiger partial charge in [-0.3, -0.25) is 9.59 Å². The predicted octanol–water partition coefficient (Wildman–Crippen LogP) is 5.88. The molecule has 0 radical (unpaired) electrons. The van der Waals surface area contributed by atoms with Gasteiger partial charge in [-0.05, 0) is 98.0 Å². The number of fused-ring (bicyclic) bond motifs is 5. The maximum atomic E-state index is 12.6. The highest BCUT2D eigenvalue weighted by molar-refractivity contribution is 5.90. The number of amides is 2. The second kappa shape index (κ2) is 8.18. The van der Waals surface area contributed by atoms with E-state index in [0.29, 0.717) is 35.1 Å². The first-order valence-electron chi connectivity index (χ1n) is 12.9. The maximum absolute atomic E-state index is 12.6. The quantitative estimate of drug-likeness (QED) is 0.640. The Balaban J connectivity index is 1.25. The van der Waals surface area contributed by atoms with Crippen molar-refractivity contribution < 1.29 is 9.59 Å². The van der Waals surface area contributed by atoms with Crippen LogP contribution in [0.4, 0.5) is 5.69 Å². The van der Waals surface area contributed by atoms with Gasteiger partial charge in [0.05, 0.1) is 0 Å². The molecule has 1 N–H and O–H groups in total. The Bertz CT molecular complexity index is 869. The van der Waals surface area contributed by atoms with Crippen molar-refractivity contribution in [1.29, 1.82) is 0 Å². The fourth-order valence-electron chi connectivity index (χ4n) is 8.78. The second-order valence-corrected chi connectivity index (χ2v) is 11.8. The van der Waals surface area contributed by atoms with Gasteiger partial charge in [-0.1, -0.05) is 32.0 Å². The van der Waals surface area contributed by atoms with Crippen molar-refractivity contribution >= 4 is 17.5 Å². The van der Waals surface area contributed by atoms with E-state index in [9.17, 15) is 9.59 Å². The van der Waals surface area contributed by atoms with Crippen molar-refractivity contribution in [3.8, 4) is 0 Å². The summed E-state index contributed by atoms with van der Waals surface area (Å²) in [6, 6.07) is 10.3. The van der Waals surface area contributed by atoms with E-state index in [1.807, 2.05) is 37.4 Å². The zero-order valence-corrected chi connectivity index (χ0v) is 20.1. The molecule has 1 heterocycles. The van der Waals surface area contributed by atoms with E-state index in [2.05, 4.69) is 24.1 Å². The van der Waals surface area contributed by atoms with Gasteiger partial charge in [0.15, 0.2) is 0 Å². The SMILES string of the molecule is CN1C(=O)CC[C@]2(C)[C@H]3CC[C@]4(C)[C@@H](CCC(=O)Nc5ccccc5)CC[C@H]4[C@@H]3CC[C@@H]12. The minimum Gasteiger partial charge on any atom is -0.342 e. The van der Waals surface area contributed by atoms with Crippen molar-refractivity contribution in [3.63, 3.8) is 0 Å². The summed E-state index contributed by atoms with van der Waals surface area (Å²) in [6.45, 7) is 5.05. The van der Waals surface area contributed by atoms with Gasteiger partial charge in [-0.15, -0.1) is 0 Å². The Hall–Kier alpha value is -1.84. The highest BCUT2D eigenvalue weighted by Gasteiger charge is 2.60. The zero-order chi connectivity index (χ0) is 22.5. The van der Waals surface area contributed by atoms with Gasteiger partial charge in [0.2, 0.25) is 11.8 Å². The van der Waals surface area contributed by atoms with Crippen LogP contribution in [0.25, 0.3) is 0 Å². The number of likely N-dealkylation sites (tertiary alicyclic amines) is 1. The van der Waals surface area contributed by atoms with Crippen LogP contribution >= 0.6 is 0 Å². The molecule has 0 bridgehead atoms. The Morgan fingerprint density at radius 2 is 1.75 bits per heavy atom. The summed E-state index contributed by atoms with van der Waals surface area (Å²) in [5, 5.41) is 3.07. The highest BCUT2D eigenvalue weighted by Crippen LogP contribution is 2.66. The number of hydrogen-bond acceptors (Lipinski definition) is 2. The molecule has 1 aliphatic heterocycles. The number of nitrogens with zero attached hydrogens (tertiary/aromatic N) is 1. The van der Waals surface area contributed by atoms with E-state index in [4.69, 9.17) is 0 Å². The standard InChI is InChI=1S/C28H40N2O2/c1-27-17-15-23-21(11-13-24-28(23,2)18-16-26(32)30(24)3)22(27)12-9-19(27)10-14-25(31)29-20-7-5-4-6-8-20/h4-8,19,21-24H,9-18H2,1-3H3,(H,29,31)/t19-,21+,22+,23+,24-,27-,28-/m1/s1. The third-order valence-corrected chi connectivity index (χ3v) is 10.5. The van der Waals surface area contributed by atoms with Gasteiger partial charge in [0, 0.05) is 31.6 Å². The average Bonchev–Trinajstić information content (AvgIpc) is 3.12. The van der Waals surface area contributed by atoms with Gasteiger partial charge >= 0.3 is 0 Å². The molecule has 1 aromatic carbocycles. The van der Waals surface area contributed by atoms with E-state index in [1.165, 1.54) is 38.5 Å². The molecule has 4 heteroatoms. The molecule has 0 spiro atoms. The Kier molecular flexibility index (Phi) is 5.62. The predicted molar refractivity (Wildman–Crippen MR) is 128 cm³/mol. The summed E-state index contributed by atoms with van der Waals surface area (Å²) in [7, 11) is 2.05. The monoisotopic (exact) mass is 436 g/mol. The molecule has 4 aliphatic rings. The van der Waals surface area contributed by atoms with Crippen LogP contribution in [0.1, 0.15) is 78.1 Å². The van der Waals surface area contributed by atoms with Gasteiger partial charge in [0.1, 0.15) is 0 Å². The molecular formula is C28H40N2O2. The third-order valence-electron chi connectivity index (χ3n) is 10.5. The smallest absolute Gasteiger partial charge is 0.224 e. The summed E-state index contributed by atoms with van der Waals surface area (Å²) in [4.78, 5) is 27.0. The molecule has 4 fully saturated rings. The molecule has 3 aliphatic carbocycles. The number of para-hydroxylation sites is 1. The lowest BCUT2D eigenvalue weighted by Crippen LogP contribution is -2.61. The van der Waals surface area contributed by atoms with Crippen LogP contribution in [0.5, 0.6) is 0 Å². The molecule has 2 amide bonds. The van der Waals surface area contributed by atoms with Crippen LogP contribution in [0.3, 0.4) is 0 Å². The fourth-order valence-corrected chi connectivity index (χ4v) is 8.78. The van der Waals surface area contributed by atoms with Crippen molar-refractivity contribution in [2.24, 2.45) is 34.5 Å². The Labute approximate surface area is 193 Å². The summed E-state index contributed by atoms with van der Waals surface area (Å²) >= 11 is 0. The molecule has 174 valence electrons. The molecule has 3 saturated carbocycles. The molecule has 0 aromatic heterocycles. The van der Waals surface area contributed by atoms with E-state index in [1.54, 1.807) is 0 Å². The average molecular weight is 437 g/mol. The Morgan fingerprint density at radius 3 is 2.53 bits per heavy atom. The van der Waals surface area contributed by atoms with Crippen LogP contribution in [0.2, 0.25) is 0 Å². The summed E-state index contributed by atoms with van der Waals surface area (Å²) in [5.41, 5.74) is 1.57. The van der Waals surface area contributed by atoms with E-state index in [-0.39, 0.29) is 5.91 Å². The van der Waals surface area contributed by atoms with Crippen LogP contribution in [0.15, 0.2) is 30.3 Å². The highest BCUT2D eigenvalue weighted by atomic mass is 16.2.